The predicted molar refractivity (Wildman–Crippen MR) is 120 cm³/mol. The normalized spacial score (nSPS) is 19.0. The molecule has 166 valence electrons. The Morgan fingerprint density at radius 2 is 1.81 bits per heavy atom. The largest absolute Gasteiger partial charge is 0.486 e. The van der Waals surface area contributed by atoms with Crippen LogP contribution in [-0.4, -0.2) is 48.8 Å². The van der Waals surface area contributed by atoms with Crippen molar-refractivity contribution in [1.82, 2.24) is 9.78 Å². The maximum Gasteiger partial charge on any atom is 0.276 e. The zero-order valence-electron chi connectivity index (χ0n) is 17.6. The fraction of sp³-hybridized carbons (Fsp3) is 0.304. The fourth-order valence-electron chi connectivity index (χ4n) is 4.01. The molecule has 8 nitrogen and oxygen atoms in total. The number of aryl methyl sites for hydroxylation is 1. The Kier molecular flexibility index (Phi) is 5.13. The number of carbonyl (C=O) groups is 1. The van der Waals surface area contributed by atoms with Crippen LogP contribution in [0.1, 0.15) is 28.5 Å². The van der Waals surface area contributed by atoms with E-state index < -0.39 is 9.84 Å². The van der Waals surface area contributed by atoms with Crippen molar-refractivity contribution in [2.24, 2.45) is 0 Å². The van der Waals surface area contributed by atoms with Crippen molar-refractivity contribution in [3.63, 3.8) is 0 Å². The first-order valence-corrected chi connectivity index (χ1v) is 12.3. The van der Waals surface area contributed by atoms with Crippen LogP contribution in [0.15, 0.2) is 48.5 Å². The Labute approximate surface area is 186 Å². The van der Waals surface area contributed by atoms with Crippen molar-refractivity contribution in [3.8, 4) is 22.8 Å². The number of benzene rings is 2. The van der Waals surface area contributed by atoms with Crippen LogP contribution in [0.2, 0.25) is 0 Å². The topological polar surface area (TPSA) is 99.5 Å². The third kappa shape index (κ3) is 4.08. The van der Waals surface area contributed by atoms with E-state index in [2.05, 4.69) is 10.4 Å². The van der Waals surface area contributed by atoms with E-state index in [1.165, 1.54) is 0 Å². The van der Waals surface area contributed by atoms with Gasteiger partial charge in [0.25, 0.3) is 5.91 Å². The summed E-state index contributed by atoms with van der Waals surface area (Å²) in [6, 6.07) is 14.5. The second-order valence-corrected chi connectivity index (χ2v) is 10.3. The Balaban J connectivity index is 1.46. The standard InChI is InChI=1S/C23H23N3O5S/c1-15-2-4-16(5-3-15)20-13-19(25-26(20)18-8-11-32(28,29)14-18)23(27)24-17-6-7-21-22(12-17)31-10-9-30-21/h2-7,12-13,18H,8-11,14H2,1H3,(H,24,27)/t18-/m1/s1. The molecule has 3 aromatic rings. The third-order valence-corrected chi connectivity index (χ3v) is 7.42. The van der Waals surface area contributed by atoms with Gasteiger partial charge in [0.15, 0.2) is 27.0 Å². The van der Waals surface area contributed by atoms with E-state index in [-0.39, 0.29) is 29.1 Å². The highest BCUT2D eigenvalue weighted by molar-refractivity contribution is 7.91. The number of aromatic nitrogens is 2. The zero-order chi connectivity index (χ0) is 22.3. The van der Waals surface area contributed by atoms with E-state index in [0.717, 1.165) is 16.8 Å². The molecule has 1 N–H and O–H groups in total. The van der Waals surface area contributed by atoms with Gasteiger partial charge in [0.05, 0.1) is 23.2 Å². The monoisotopic (exact) mass is 453 g/mol. The van der Waals surface area contributed by atoms with E-state index >= 15 is 0 Å². The first kappa shape index (κ1) is 20.6. The molecule has 1 saturated heterocycles. The molecule has 0 spiro atoms. The highest BCUT2D eigenvalue weighted by Crippen LogP contribution is 2.33. The highest BCUT2D eigenvalue weighted by Gasteiger charge is 2.32. The van der Waals surface area contributed by atoms with Crippen molar-refractivity contribution in [1.29, 1.82) is 0 Å². The maximum atomic E-state index is 13.0. The summed E-state index contributed by atoms with van der Waals surface area (Å²) in [6.07, 6.45) is 0.478. The average Bonchev–Trinajstić information content (AvgIpc) is 3.37. The third-order valence-electron chi connectivity index (χ3n) is 5.67. The summed E-state index contributed by atoms with van der Waals surface area (Å²) < 4.78 is 36.9. The van der Waals surface area contributed by atoms with E-state index in [1.807, 2.05) is 31.2 Å². The molecule has 0 saturated carbocycles. The van der Waals surface area contributed by atoms with Crippen molar-refractivity contribution in [3.05, 3.63) is 59.8 Å². The van der Waals surface area contributed by atoms with Crippen LogP contribution >= 0.6 is 0 Å². The van der Waals surface area contributed by atoms with Gasteiger partial charge in [0.1, 0.15) is 13.2 Å². The maximum absolute atomic E-state index is 13.0. The number of nitrogens with zero attached hydrogens (tertiary/aromatic N) is 2. The second kappa shape index (κ2) is 7.98. The summed E-state index contributed by atoms with van der Waals surface area (Å²) in [5.41, 5.74) is 3.50. The van der Waals surface area contributed by atoms with Crippen LogP contribution in [0.5, 0.6) is 11.5 Å². The Hall–Kier alpha value is -3.33. The molecule has 0 radical (unpaired) electrons. The molecular weight excluding hydrogens is 430 g/mol. The number of fused-ring (bicyclic) bond motifs is 1. The smallest absolute Gasteiger partial charge is 0.276 e. The summed E-state index contributed by atoms with van der Waals surface area (Å²) in [4.78, 5) is 13.0. The van der Waals surface area contributed by atoms with Gasteiger partial charge in [-0.15, -0.1) is 0 Å². The predicted octanol–water partition coefficient (Wildman–Crippen LogP) is 3.24. The number of anilines is 1. The van der Waals surface area contributed by atoms with E-state index in [1.54, 1.807) is 28.9 Å². The first-order chi connectivity index (χ1) is 15.4. The fourth-order valence-corrected chi connectivity index (χ4v) is 5.70. The number of sulfone groups is 1. The molecule has 2 aliphatic heterocycles. The van der Waals surface area contributed by atoms with Gasteiger partial charge in [-0.3, -0.25) is 9.48 Å². The van der Waals surface area contributed by atoms with Crippen LogP contribution in [0, 0.1) is 6.92 Å². The summed E-state index contributed by atoms with van der Waals surface area (Å²) in [5.74, 6) is 0.994. The molecule has 1 fully saturated rings. The molecule has 1 amide bonds. The minimum absolute atomic E-state index is 0.0246. The van der Waals surface area contributed by atoms with Crippen LogP contribution in [0.4, 0.5) is 5.69 Å². The molecule has 1 atom stereocenters. The van der Waals surface area contributed by atoms with Crippen molar-refractivity contribution < 1.29 is 22.7 Å². The Morgan fingerprint density at radius 1 is 1.06 bits per heavy atom. The average molecular weight is 454 g/mol. The van der Waals surface area contributed by atoms with Gasteiger partial charge in [-0.2, -0.15) is 5.10 Å². The quantitative estimate of drug-likeness (QED) is 0.651. The lowest BCUT2D eigenvalue weighted by molar-refractivity contribution is 0.102. The minimum atomic E-state index is -3.10. The molecular formula is C23H23N3O5S. The Morgan fingerprint density at radius 3 is 2.53 bits per heavy atom. The van der Waals surface area contributed by atoms with Gasteiger partial charge in [-0.25, -0.2) is 8.42 Å². The highest BCUT2D eigenvalue weighted by atomic mass is 32.2. The lowest BCUT2D eigenvalue weighted by atomic mass is 10.1. The second-order valence-electron chi connectivity index (χ2n) is 8.09. The SMILES string of the molecule is Cc1ccc(-c2cc(C(=O)Nc3ccc4c(c3)OCCO4)nn2[C@@H]2CCS(=O)(=O)C2)cc1. The molecule has 0 aliphatic carbocycles. The van der Waals surface area contributed by atoms with Gasteiger partial charge < -0.3 is 14.8 Å². The van der Waals surface area contributed by atoms with Crippen molar-refractivity contribution in [2.75, 3.05) is 30.0 Å². The summed E-state index contributed by atoms with van der Waals surface area (Å²) >= 11 is 0. The van der Waals surface area contributed by atoms with Gasteiger partial charge in [-0.1, -0.05) is 29.8 Å². The molecule has 2 aromatic carbocycles. The van der Waals surface area contributed by atoms with Crippen LogP contribution in [0.25, 0.3) is 11.3 Å². The number of amides is 1. The van der Waals surface area contributed by atoms with Crippen molar-refractivity contribution in [2.45, 2.75) is 19.4 Å². The molecule has 9 heteroatoms. The number of carbonyl (C=O) groups excluding carboxylic acids is 1. The molecule has 3 heterocycles. The Bertz CT molecular complexity index is 1280. The van der Waals surface area contributed by atoms with Crippen LogP contribution in [0.3, 0.4) is 0 Å². The van der Waals surface area contributed by atoms with Gasteiger partial charge in [0, 0.05) is 11.8 Å². The molecule has 32 heavy (non-hydrogen) atoms. The number of nitrogens with one attached hydrogen (secondary N) is 1. The van der Waals surface area contributed by atoms with Gasteiger partial charge in [-0.05, 0) is 37.1 Å². The number of hydrogen-bond acceptors (Lipinski definition) is 6. The first-order valence-electron chi connectivity index (χ1n) is 10.5. The summed E-state index contributed by atoms with van der Waals surface area (Å²) in [6.45, 7) is 2.95. The van der Waals surface area contributed by atoms with E-state index in [4.69, 9.17) is 9.47 Å². The van der Waals surface area contributed by atoms with E-state index in [9.17, 15) is 13.2 Å². The number of ether oxygens (including phenoxy) is 2. The molecule has 0 bridgehead atoms. The molecule has 0 unspecified atom stereocenters. The number of rotatable bonds is 4. The summed E-state index contributed by atoms with van der Waals surface area (Å²) in [7, 11) is -3.10. The summed E-state index contributed by atoms with van der Waals surface area (Å²) in [5, 5.41) is 7.37. The van der Waals surface area contributed by atoms with Crippen molar-refractivity contribution >= 4 is 21.4 Å². The van der Waals surface area contributed by atoms with Crippen LogP contribution < -0.4 is 14.8 Å². The molecule has 2 aliphatic rings. The molecule has 5 rings (SSSR count). The van der Waals surface area contributed by atoms with Gasteiger partial charge >= 0.3 is 0 Å². The number of hydrogen-bond donors (Lipinski definition) is 1. The lowest BCUT2D eigenvalue weighted by Crippen LogP contribution is -2.17. The van der Waals surface area contributed by atoms with Crippen LogP contribution in [-0.2, 0) is 9.84 Å². The van der Waals surface area contributed by atoms with E-state index in [0.29, 0.717) is 36.8 Å². The lowest BCUT2D eigenvalue weighted by Gasteiger charge is -2.18. The van der Waals surface area contributed by atoms with Gasteiger partial charge in [0.2, 0.25) is 0 Å². The zero-order valence-corrected chi connectivity index (χ0v) is 18.4. The molecule has 1 aromatic heterocycles. The minimum Gasteiger partial charge on any atom is -0.486 e.